The number of urea groups is 1. The molecule has 176 valence electrons. The Balaban J connectivity index is 2.14. The molecule has 0 bridgehead atoms. The van der Waals surface area contributed by atoms with Crippen molar-refractivity contribution in [2.45, 2.75) is 31.5 Å². The van der Waals surface area contributed by atoms with E-state index in [0.29, 0.717) is 10.4 Å². The first-order valence-electron chi connectivity index (χ1n) is 9.47. The Morgan fingerprint density at radius 2 is 1.72 bits per heavy atom. The number of esters is 1. The third-order valence-electron chi connectivity index (χ3n) is 4.62. The Kier molecular flexibility index (Phi) is 8.95. The minimum atomic E-state index is -1.85. The van der Waals surface area contributed by atoms with Gasteiger partial charge in [-0.3, -0.25) is 0 Å². The number of carbonyl (C=O) groups is 2. The number of thiophene rings is 1. The van der Waals surface area contributed by atoms with Crippen LogP contribution in [0.25, 0.3) is 10.4 Å². The molecule has 5 atom stereocenters. The van der Waals surface area contributed by atoms with E-state index in [1.807, 2.05) is 0 Å². The predicted octanol–water partition coefficient (Wildman–Crippen LogP) is 0.101. The molecular formula is C20H26N2O9S. The van der Waals surface area contributed by atoms with Crippen molar-refractivity contribution < 1.29 is 44.6 Å². The third-order valence-corrected chi connectivity index (χ3v) is 5.78. The van der Waals surface area contributed by atoms with E-state index < -0.39 is 49.1 Å². The molecule has 1 heterocycles. The van der Waals surface area contributed by atoms with E-state index in [2.05, 4.69) is 5.32 Å². The highest BCUT2D eigenvalue weighted by atomic mass is 32.1. The molecule has 2 amide bonds. The van der Waals surface area contributed by atoms with E-state index in [9.17, 15) is 30.0 Å². The fourth-order valence-electron chi connectivity index (χ4n) is 2.73. The Hall–Kier alpha value is -2.74. The van der Waals surface area contributed by atoms with Gasteiger partial charge in [0.15, 0.2) is 0 Å². The zero-order valence-corrected chi connectivity index (χ0v) is 18.2. The summed E-state index contributed by atoms with van der Waals surface area (Å²) < 4.78 is 9.92. The van der Waals surface area contributed by atoms with Gasteiger partial charge in [-0.05, 0) is 35.9 Å². The number of rotatable bonds is 10. The first-order valence-corrected chi connectivity index (χ1v) is 10.3. The van der Waals surface area contributed by atoms with E-state index in [1.54, 1.807) is 18.2 Å². The van der Waals surface area contributed by atoms with Gasteiger partial charge in [0, 0.05) is 17.4 Å². The standard InChI is InChI=1S/C20H26N2O9S/c1-9(8-23)14(24)15(25)16(26)18(27)31-11-5-3-10(4-6-11)13-7-12(22-20(21)29)17(32-13)19(28)30-2/h3-7,9,14-16,18,23-27H,8H2,1-2H3,(H3,21,22,29). The fraction of sp³-hybridized carbons (Fsp3) is 0.400. The van der Waals surface area contributed by atoms with Crippen LogP contribution in [0.5, 0.6) is 5.75 Å². The predicted molar refractivity (Wildman–Crippen MR) is 115 cm³/mol. The maximum absolute atomic E-state index is 11.9. The van der Waals surface area contributed by atoms with E-state index in [1.165, 1.54) is 26.2 Å². The van der Waals surface area contributed by atoms with Gasteiger partial charge < -0.3 is 46.1 Å². The summed E-state index contributed by atoms with van der Waals surface area (Å²) in [7, 11) is 1.21. The number of ether oxygens (including phenoxy) is 2. The highest BCUT2D eigenvalue weighted by molar-refractivity contribution is 7.18. The maximum Gasteiger partial charge on any atom is 0.350 e. The summed E-state index contributed by atoms with van der Waals surface area (Å²) >= 11 is 1.07. The number of benzene rings is 1. The molecule has 2 rings (SSSR count). The minimum Gasteiger partial charge on any atom is -0.465 e. The molecule has 0 fully saturated rings. The molecule has 0 saturated heterocycles. The number of amides is 2. The lowest BCUT2D eigenvalue weighted by molar-refractivity contribution is -0.172. The van der Waals surface area contributed by atoms with Gasteiger partial charge in [0.05, 0.1) is 18.9 Å². The van der Waals surface area contributed by atoms with Gasteiger partial charge in [0.25, 0.3) is 0 Å². The maximum atomic E-state index is 11.9. The van der Waals surface area contributed by atoms with Crippen molar-refractivity contribution >= 4 is 29.0 Å². The van der Waals surface area contributed by atoms with E-state index in [4.69, 9.17) is 20.3 Å². The average molecular weight is 471 g/mol. The number of aliphatic hydroxyl groups is 5. The second-order valence-corrected chi connectivity index (χ2v) is 8.05. The van der Waals surface area contributed by atoms with Crippen LogP contribution in [0.4, 0.5) is 10.5 Å². The van der Waals surface area contributed by atoms with Crippen LogP contribution in [0.2, 0.25) is 0 Å². The van der Waals surface area contributed by atoms with Crippen LogP contribution in [-0.2, 0) is 4.74 Å². The first-order chi connectivity index (χ1) is 15.1. The zero-order chi connectivity index (χ0) is 24.0. The molecule has 5 unspecified atom stereocenters. The SMILES string of the molecule is COC(=O)c1sc(-c2ccc(OC(O)C(O)C(O)C(O)C(C)CO)cc2)cc1NC(N)=O. The smallest absolute Gasteiger partial charge is 0.350 e. The van der Waals surface area contributed by atoms with Gasteiger partial charge in [-0.2, -0.15) is 0 Å². The third kappa shape index (κ3) is 6.16. The number of nitrogens with two attached hydrogens (primary N) is 1. The van der Waals surface area contributed by atoms with Gasteiger partial charge in [0.2, 0.25) is 6.29 Å². The van der Waals surface area contributed by atoms with Crippen molar-refractivity contribution in [3.05, 3.63) is 35.2 Å². The molecule has 0 aliphatic rings. The molecule has 32 heavy (non-hydrogen) atoms. The number of carbonyl (C=O) groups excluding carboxylic acids is 2. The quantitative estimate of drug-likeness (QED) is 0.186. The molecule has 0 spiro atoms. The second kappa shape index (κ2) is 11.2. The lowest BCUT2D eigenvalue weighted by atomic mass is 9.97. The van der Waals surface area contributed by atoms with Crippen molar-refractivity contribution in [2.75, 3.05) is 19.0 Å². The number of hydrogen-bond donors (Lipinski definition) is 7. The molecule has 12 heteroatoms. The van der Waals surface area contributed by atoms with Crippen LogP contribution in [0.1, 0.15) is 16.6 Å². The van der Waals surface area contributed by atoms with Gasteiger partial charge in [-0.1, -0.05) is 6.92 Å². The number of nitrogens with one attached hydrogen (secondary N) is 1. The van der Waals surface area contributed by atoms with E-state index in [-0.39, 0.29) is 16.3 Å². The summed E-state index contributed by atoms with van der Waals surface area (Å²) in [5.41, 5.74) is 5.98. The van der Waals surface area contributed by atoms with Crippen LogP contribution < -0.4 is 15.8 Å². The number of hydrogen-bond acceptors (Lipinski definition) is 10. The molecule has 0 aliphatic heterocycles. The van der Waals surface area contributed by atoms with Crippen LogP contribution in [0.15, 0.2) is 30.3 Å². The molecule has 8 N–H and O–H groups in total. The van der Waals surface area contributed by atoms with Gasteiger partial charge in [-0.25, -0.2) is 9.59 Å². The summed E-state index contributed by atoms with van der Waals surface area (Å²) in [6.45, 7) is 1.05. The lowest BCUT2D eigenvalue weighted by Gasteiger charge is -2.29. The highest BCUT2D eigenvalue weighted by Crippen LogP contribution is 2.36. The number of primary amides is 1. The average Bonchev–Trinajstić information content (AvgIpc) is 3.19. The molecule has 2 aromatic rings. The summed E-state index contributed by atoms with van der Waals surface area (Å²) in [6.07, 6.45) is -6.90. The number of methoxy groups -OCH3 is 1. The molecule has 0 radical (unpaired) electrons. The Bertz CT molecular complexity index is 918. The Morgan fingerprint density at radius 1 is 1.09 bits per heavy atom. The number of aliphatic hydroxyl groups excluding tert-OH is 5. The van der Waals surface area contributed by atoms with Crippen molar-refractivity contribution in [1.29, 1.82) is 0 Å². The van der Waals surface area contributed by atoms with Gasteiger partial charge in [-0.15, -0.1) is 11.3 Å². The Morgan fingerprint density at radius 3 is 2.25 bits per heavy atom. The summed E-state index contributed by atoms with van der Waals surface area (Å²) in [4.78, 5) is 23.9. The highest BCUT2D eigenvalue weighted by Gasteiger charge is 2.34. The van der Waals surface area contributed by atoms with Crippen molar-refractivity contribution in [3.8, 4) is 16.2 Å². The Labute approximate surface area is 187 Å². The normalized spacial score (nSPS) is 15.8. The van der Waals surface area contributed by atoms with Gasteiger partial charge >= 0.3 is 12.0 Å². The van der Waals surface area contributed by atoms with Crippen LogP contribution in [0.3, 0.4) is 0 Å². The van der Waals surface area contributed by atoms with E-state index in [0.717, 1.165) is 11.3 Å². The minimum absolute atomic E-state index is 0.150. The molecule has 11 nitrogen and oxygen atoms in total. The van der Waals surface area contributed by atoms with Crippen molar-refractivity contribution in [3.63, 3.8) is 0 Å². The fourth-order valence-corrected chi connectivity index (χ4v) is 3.76. The van der Waals surface area contributed by atoms with E-state index >= 15 is 0 Å². The molecule has 0 saturated carbocycles. The molecular weight excluding hydrogens is 444 g/mol. The largest absolute Gasteiger partial charge is 0.465 e. The van der Waals surface area contributed by atoms with Crippen molar-refractivity contribution in [1.82, 2.24) is 0 Å². The molecule has 1 aromatic heterocycles. The molecule has 1 aromatic carbocycles. The first kappa shape index (κ1) is 25.5. The van der Waals surface area contributed by atoms with Gasteiger partial charge in [0.1, 0.15) is 22.8 Å². The van der Waals surface area contributed by atoms with Crippen LogP contribution >= 0.6 is 11.3 Å². The topological polar surface area (TPSA) is 192 Å². The summed E-state index contributed by atoms with van der Waals surface area (Å²) in [5, 5.41) is 51.3. The number of anilines is 1. The zero-order valence-electron chi connectivity index (χ0n) is 17.3. The summed E-state index contributed by atoms with van der Waals surface area (Å²) in [5.74, 6) is -1.21. The van der Waals surface area contributed by atoms with Crippen LogP contribution in [0, 0.1) is 5.92 Å². The van der Waals surface area contributed by atoms with Crippen LogP contribution in [-0.4, -0.2) is 75.9 Å². The lowest BCUT2D eigenvalue weighted by Crippen LogP contribution is -2.49. The summed E-state index contributed by atoms with van der Waals surface area (Å²) in [6, 6.07) is 6.88. The molecule has 0 aliphatic carbocycles. The second-order valence-electron chi connectivity index (χ2n) is 7.00. The monoisotopic (exact) mass is 470 g/mol. The van der Waals surface area contributed by atoms with Crippen molar-refractivity contribution in [2.24, 2.45) is 11.7 Å².